The Morgan fingerprint density at radius 3 is 2.27 bits per heavy atom. The van der Waals surface area contributed by atoms with Gasteiger partial charge in [0.05, 0.1) is 11.4 Å². The lowest BCUT2D eigenvalue weighted by molar-refractivity contribution is -0.123. The Morgan fingerprint density at radius 2 is 1.62 bits per heavy atom. The lowest BCUT2D eigenvalue weighted by Gasteiger charge is -2.31. The summed E-state index contributed by atoms with van der Waals surface area (Å²) < 4.78 is 8.12. The molecule has 11 nitrogen and oxygen atoms in total. The van der Waals surface area contributed by atoms with E-state index in [4.69, 9.17) is 9.84 Å². The summed E-state index contributed by atoms with van der Waals surface area (Å²) in [5, 5.41) is 21.5. The third-order valence-corrected chi connectivity index (χ3v) is 11.6. The van der Waals surface area contributed by atoms with E-state index in [1.807, 2.05) is 43.3 Å². The van der Waals surface area contributed by atoms with Crippen LogP contribution in [-0.4, -0.2) is 67.2 Å². The third kappa shape index (κ3) is 7.72. The number of thioether (sulfide) groups is 1. The second-order valence-corrected chi connectivity index (χ2v) is 15.8. The van der Waals surface area contributed by atoms with Crippen molar-refractivity contribution in [1.29, 1.82) is 0 Å². The molecule has 3 aromatic carbocycles. The van der Waals surface area contributed by atoms with Gasteiger partial charge in [0, 0.05) is 24.3 Å². The molecule has 0 bridgehead atoms. The van der Waals surface area contributed by atoms with Gasteiger partial charge < -0.3 is 15.0 Å². The zero-order chi connectivity index (χ0) is 37.0. The number of hydrogen-bond acceptors (Lipinski definition) is 9. The molecule has 1 saturated heterocycles. The molecule has 4 aromatic rings. The number of para-hydroxylation sites is 1. The van der Waals surface area contributed by atoms with E-state index in [2.05, 4.69) is 79.4 Å². The SMILES string of the molecule is CC[C@H](Oc1ccc(C(C)(C)CC)cc1C(C)(C)CC)C(=O)Nc1ccc(N2N=C(N3CCCC3)[C@H](Sc3nnnn3-c3ccccc3)C2=O)cc1. The van der Waals surface area contributed by atoms with Crippen molar-refractivity contribution in [3.63, 3.8) is 0 Å². The highest BCUT2D eigenvalue weighted by molar-refractivity contribution is 8.01. The van der Waals surface area contributed by atoms with Crippen molar-refractivity contribution in [3.8, 4) is 11.4 Å². The number of nitrogens with one attached hydrogen (secondary N) is 1. The predicted octanol–water partition coefficient (Wildman–Crippen LogP) is 7.75. The van der Waals surface area contributed by atoms with E-state index in [9.17, 15) is 9.59 Å². The van der Waals surface area contributed by atoms with E-state index in [-0.39, 0.29) is 22.6 Å². The molecule has 0 radical (unpaired) electrons. The van der Waals surface area contributed by atoms with Gasteiger partial charge in [0.2, 0.25) is 5.16 Å². The number of rotatable bonds is 13. The van der Waals surface area contributed by atoms with E-state index in [0.29, 0.717) is 28.8 Å². The number of carbonyl (C=O) groups is 2. The largest absolute Gasteiger partial charge is 0.480 e. The van der Waals surface area contributed by atoms with Crippen LogP contribution in [0.1, 0.15) is 91.7 Å². The summed E-state index contributed by atoms with van der Waals surface area (Å²) in [6.45, 7) is 17.0. The number of amidine groups is 1. The Labute approximate surface area is 311 Å². The average molecular weight is 723 g/mol. The molecule has 6 rings (SSSR count). The normalized spacial score (nSPS) is 17.0. The van der Waals surface area contributed by atoms with Crippen LogP contribution in [0.4, 0.5) is 11.4 Å². The fourth-order valence-corrected chi connectivity index (χ4v) is 7.38. The highest BCUT2D eigenvalue weighted by atomic mass is 32.2. The van der Waals surface area contributed by atoms with Crippen molar-refractivity contribution in [1.82, 2.24) is 25.1 Å². The lowest BCUT2D eigenvalue weighted by atomic mass is 9.76. The van der Waals surface area contributed by atoms with Crippen LogP contribution in [-0.2, 0) is 20.4 Å². The fraction of sp³-hybridized carbons (Fsp3) is 0.450. The number of amides is 2. The molecule has 52 heavy (non-hydrogen) atoms. The van der Waals surface area contributed by atoms with Gasteiger partial charge >= 0.3 is 0 Å². The Balaban J connectivity index is 1.18. The number of hydrazone groups is 1. The average Bonchev–Trinajstić information content (AvgIpc) is 3.93. The summed E-state index contributed by atoms with van der Waals surface area (Å²) >= 11 is 1.30. The maximum Gasteiger partial charge on any atom is 0.268 e. The van der Waals surface area contributed by atoms with Crippen LogP contribution in [0.5, 0.6) is 5.75 Å². The molecule has 1 aromatic heterocycles. The molecule has 2 aliphatic heterocycles. The molecule has 1 N–H and O–H groups in total. The van der Waals surface area contributed by atoms with Crippen LogP contribution in [0.3, 0.4) is 0 Å². The highest BCUT2D eigenvalue weighted by Crippen LogP contribution is 2.39. The number of tetrazole rings is 1. The third-order valence-electron chi connectivity index (χ3n) is 10.5. The van der Waals surface area contributed by atoms with Gasteiger partial charge in [0.1, 0.15) is 11.6 Å². The summed E-state index contributed by atoms with van der Waals surface area (Å²) in [7, 11) is 0. The number of likely N-dealkylation sites (tertiary alicyclic amines) is 1. The van der Waals surface area contributed by atoms with Gasteiger partial charge in [-0.2, -0.15) is 14.8 Å². The topological polar surface area (TPSA) is 118 Å². The summed E-state index contributed by atoms with van der Waals surface area (Å²) in [5.74, 6) is 1.04. The van der Waals surface area contributed by atoms with Crippen LogP contribution < -0.4 is 15.1 Å². The van der Waals surface area contributed by atoms with Crippen molar-refractivity contribution >= 4 is 40.8 Å². The molecule has 12 heteroatoms. The Kier molecular flexibility index (Phi) is 11.0. The standard InChI is InChI=1S/C40H50N8O3S/c1-8-32(51-33-23-18-27(39(4,5)9-2)26-31(33)40(6,7)10-3)36(49)41-28-19-21-30(22-20-28)47-37(50)34(35(43-47)46-24-14-15-25-46)52-38-42-44-45-48(38)29-16-12-11-13-17-29/h11-13,16-23,26,32,34H,8-10,14-15,24-25H2,1-7H3,(H,41,49)/t32-,34-/m0/s1. The molecule has 1 fully saturated rings. The zero-order valence-electron chi connectivity index (χ0n) is 31.3. The number of benzene rings is 3. The minimum atomic E-state index is -0.686. The van der Waals surface area contributed by atoms with Gasteiger partial charge in [-0.25, -0.2) is 0 Å². The Hall–Kier alpha value is -4.71. The quantitative estimate of drug-likeness (QED) is 0.149. The van der Waals surface area contributed by atoms with E-state index in [1.165, 1.54) is 22.3 Å². The molecular formula is C40H50N8O3S. The molecule has 0 saturated carbocycles. The van der Waals surface area contributed by atoms with Crippen molar-refractivity contribution in [2.24, 2.45) is 5.10 Å². The Morgan fingerprint density at radius 1 is 0.923 bits per heavy atom. The van der Waals surface area contributed by atoms with Crippen LogP contribution in [0.2, 0.25) is 0 Å². The number of anilines is 2. The van der Waals surface area contributed by atoms with Crippen LogP contribution in [0.25, 0.3) is 5.69 Å². The first-order chi connectivity index (χ1) is 25.0. The molecule has 0 spiro atoms. The van der Waals surface area contributed by atoms with Crippen molar-refractivity contribution in [2.45, 2.75) is 108 Å². The van der Waals surface area contributed by atoms with Gasteiger partial charge in [-0.1, -0.05) is 90.6 Å². The van der Waals surface area contributed by atoms with Gasteiger partial charge in [-0.3, -0.25) is 9.59 Å². The number of aromatic nitrogens is 4. The van der Waals surface area contributed by atoms with E-state index < -0.39 is 11.4 Å². The molecule has 0 aliphatic carbocycles. The number of carbonyl (C=O) groups excluding carboxylic acids is 2. The summed E-state index contributed by atoms with van der Waals surface area (Å²) in [6, 6.07) is 23.2. The smallest absolute Gasteiger partial charge is 0.268 e. The van der Waals surface area contributed by atoms with Gasteiger partial charge in [-0.15, -0.1) is 5.10 Å². The molecule has 2 aliphatic rings. The minimum Gasteiger partial charge on any atom is -0.480 e. The van der Waals surface area contributed by atoms with Crippen molar-refractivity contribution in [3.05, 3.63) is 83.9 Å². The monoisotopic (exact) mass is 722 g/mol. The Bertz CT molecular complexity index is 1900. The predicted molar refractivity (Wildman–Crippen MR) is 207 cm³/mol. The van der Waals surface area contributed by atoms with Gasteiger partial charge in [-0.05, 0) is 101 Å². The zero-order valence-corrected chi connectivity index (χ0v) is 32.1. The van der Waals surface area contributed by atoms with E-state index in [1.54, 1.807) is 28.9 Å². The molecule has 0 unspecified atom stereocenters. The van der Waals surface area contributed by atoms with Crippen LogP contribution >= 0.6 is 11.8 Å². The fourth-order valence-electron chi connectivity index (χ4n) is 6.34. The second kappa shape index (κ2) is 15.5. The minimum absolute atomic E-state index is 0.0338. The molecular weight excluding hydrogens is 673 g/mol. The highest BCUT2D eigenvalue weighted by Gasteiger charge is 2.42. The van der Waals surface area contributed by atoms with Crippen LogP contribution in [0.15, 0.2) is 83.1 Å². The van der Waals surface area contributed by atoms with Crippen molar-refractivity contribution in [2.75, 3.05) is 23.4 Å². The summed E-state index contributed by atoms with van der Waals surface area (Å²) in [4.78, 5) is 29.8. The maximum absolute atomic E-state index is 14.0. The summed E-state index contributed by atoms with van der Waals surface area (Å²) in [6.07, 6.45) is 3.86. The molecule has 3 heterocycles. The first-order valence-corrected chi connectivity index (χ1v) is 19.2. The number of ether oxygens (including phenoxy) is 1. The second-order valence-electron chi connectivity index (χ2n) is 14.7. The summed E-state index contributed by atoms with van der Waals surface area (Å²) in [5.41, 5.74) is 4.31. The van der Waals surface area contributed by atoms with E-state index in [0.717, 1.165) is 55.8 Å². The van der Waals surface area contributed by atoms with Gasteiger partial charge in [0.25, 0.3) is 11.8 Å². The first-order valence-electron chi connectivity index (χ1n) is 18.4. The lowest BCUT2D eigenvalue weighted by Crippen LogP contribution is -2.37. The number of hydrogen-bond donors (Lipinski definition) is 1. The number of nitrogens with zero attached hydrogens (tertiary/aromatic N) is 7. The molecule has 2 amide bonds. The van der Waals surface area contributed by atoms with E-state index >= 15 is 0 Å². The van der Waals surface area contributed by atoms with Crippen molar-refractivity contribution < 1.29 is 14.3 Å². The molecule has 274 valence electrons. The molecule has 2 atom stereocenters. The van der Waals surface area contributed by atoms with Crippen LogP contribution in [0, 0.1) is 0 Å². The maximum atomic E-state index is 14.0. The first kappa shape index (κ1) is 37.1. The van der Waals surface area contributed by atoms with Gasteiger partial charge in [0.15, 0.2) is 11.4 Å².